The lowest BCUT2D eigenvalue weighted by Gasteiger charge is -2.19. The van der Waals surface area contributed by atoms with Crippen LogP contribution < -0.4 is 15.4 Å². The number of ether oxygens (including phenoxy) is 1. The molecule has 1 aromatic rings. The molecule has 1 aliphatic heterocycles. The van der Waals surface area contributed by atoms with E-state index in [1.54, 1.807) is 4.90 Å². The van der Waals surface area contributed by atoms with Crippen molar-refractivity contribution in [2.24, 2.45) is 5.73 Å². The summed E-state index contributed by atoms with van der Waals surface area (Å²) >= 11 is 0. The van der Waals surface area contributed by atoms with Gasteiger partial charge in [0.15, 0.2) is 0 Å². The van der Waals surface area contributed by atoms with Crippen molar-refractivity contribution in [1.82, 2.24) is 0 Å². The van der Waals surface area contributed by atoms with Crippen LogP contribution in [0.2, 0.25) is 0 Å². The molecular weight excluding hydrogens is 204 g/mol. The maximum atomic E-state index is 11.7. The van der Waals surface area contributed by atoms with Crippen LogP contribution in [-0.2, 0) is 4.79 Å². The van der Waals surface area contributed by atoms with Crippen molar-refractivity contribution in [1.29, 1.82) is 0 Å². The number of carbonyl (C=O) groups is 1. The zero-order valence-electron chi connectivity index (χ0n) is 9.35. The van der Waals surface area contributed by atoms with E-state index in [1.807, 2.05) is 31.2 Å². The molecule has 0 aromatic heterocycles. The summed E-state index contributed by atoms with van der Waals surface area (Å²) in [7, 11) is 0. The fourth-order valence-corrected chi connectivity index (χ4v) is 1.93. The summed E-state index contributed by atoms with van der Waals surface area (Å²) < 4.78 is 5.50. The van der Waals surface area contributed by atoms with Gasteiger partial charge in [-0.25, -0.2) is 0 Å². The second kappa shape index (κ2) is 4.53. The zero-order chi connectivity index (χ0) is 11.5. The SMILES string of the molecule is CCOc1ccccc1N1CC(N)CC1=O. The molecule has 1 aromatic carbocycles. The van der Waals surface area contributed by atoms with Crippen LogP contribution in [0.5, 0.6) is 5.75 Å². The Labute approximate surface area is 95.0 Å². The number of nitrogens with two attached hydrogens (primary N) is 1. The summed E-state index contributed by atoms with van der Waals surface area (Å²) in [6, 6.07) is 7.49. The molecule has 1 fully saturated rings. The predicted molar refractivity (Wildman–Crippen MR) is 62.6 cm³/mol. The Morgan fingerprint density at radius 3 is 2.88 bits per heavy atom. The Kier molecular flexibility index (Phi) is 3.10. The number of hydrogen-bond acceptors (Lipinski definition) is 3. The topological polar surface area (TPSA) is 55.6 Å². The minimum Gasteiger partial charge on any atom is -0.492 e. The second-order valence-corrected chi connectivity index (χ2v) is 3.87. The van der Waals surface area contributed by atoms with Crippen LogP contribution in [0.4, 0.5) is 5.69 Å². The predicted octanol–water partition coefficient (Wildman–Crippen LogP) is 1.15. The van der Waals surface area contributed by atoms with Gasteiger partial charge in [-0.15, -0.1) is 0 Å². The van der Waals surface area contributed by atoms with Gasteiger partial charge in [0.05, 0.1) is 12.3 Å². The first-order valence-electron chi connectivity index (χ1n) is 5.50. The highest BCUT2D eigenvalue weighted by Crippen LogP contribution is 2.30. The van der Waals surface area contributed by atoms with Crippen LogP contribution >= 0.6 is 0 Å². The van der Waals surface area contributed by atoms with Crippen LogP contribution in [0.15, 0.2) is 24.3 Å². The molecule has 1 saturated heterocycles. The normalized spacial score (nSPS) is 20.2. The second-order valence-electron chi connectivity index (χ2n) is 3.87. The maximum absolute atomic E-state index is 11.7. The monoisotopic (exact) mass is 220 g/mol. The number of para-hydroxylation sites is 2. The zero-order valence-corrected chi connectivity index (χ0v) is 9.35. The summed E-state index contributed by atoms with van der Waals surface area (Å²) in [5.41, 5.74) is 6.60. The van der Waals surface area contributed by atoms with E-state index < -0.39 is 0 Å². The van der Waals surface area contributed by atoms with Gasteiger partial charge in [-0.3, -0.25) is 4.79 Å². The van der Waals surface area contributed by atoms with Gasteiger partial charge in [-0.1, -0.05) is 12.1 Å². The summed E-state index contributed by atoms with van der Waals surface area (Å²) in [5.74, 6) is 0.812. The van der Waals surface area contributed by atoms with Crippen LogP contribution in [-0.4, -0.2) is 25.1 Å². The molecule has 1 unspecified atom stereocenters. The summed E-state index contributed by atoms with van der Waals surface area (Å²) in [6.07, 6.45) is 0.417. The molecule has 16 heavy (non-hydrogen) atoms. The molecule has 2 rings (SSSR count). The third-order valence-corrected chi connectivity index (χ3v) is 2.61. The molecular formula is C12H16N2O2. The molecule has 1 heterocycles. The molecule has 86 valence electrons. The van der Waals surface area contributed by atoms with Crippen LogP contribution in [0.3, 0.4) is 0 Å². The molecule has 1 atom stereocenters. The van der Waals surface area contributed by atoms with Gasteiger partial charge in [0.25, 0.3) is 0 Å². The molecule has 4 heteroatoms. The largest absolute Gasteiger partial charge is 0.492 e. The lowest BCUT2D eigenvalue weighted by Crippen LogP contribution is -2.28. The number of benzene rings is 1. The van der Waals surface area contributed by atoms with Crippen molar-refractivity contribution in [3.8, 4) is 5.75 Å². The highest BCUT2D eigenvalue weighted by Gasteiger charge is 2.29. The average Bonchev–Trinajstić information content (AvgIpc) is 2.59. The summed E-state index contributed by atoms with van der Waals surface area (Å²) in [4.78, 5) is 13.4. The van der Waals surface area contributed by atoms with Gasteiger partial charge < -0.3 is 15.4 Å². The van der Waals surface area contributed by atoms with E-state index in [0.717, 1.165) is 11.4 Å². The van der Waals surface area contributed by atoms with Gasteiger partial charge in [0.2, 0.25) is 5.91 Å². The number of nitrogens with zero attached hydrogens (tertiary/aromatic N) is 1. The minimum atomic E-state index is -0.0674. The molecule has 0 saturated carbocycles. The first-order valence-corrected chi connectivity index (χ1v) is 5.50. The smallest absolute Gasteiger partial charge is 0.228 e. The third-order valence-electron chi connectivity index (χ3n) is 2.61. The molecule has 4 nitrogen and oxygen atoms in total. The van der Waals surface area contributed by atoms with E-state index in [-0.39, 0.29) is 11.9 Å². The molecule has 0 aliphatic carbocycles. The van der Waals surface area contributed by atoms with Gasteiger partial charge in [0, 0.05) is 19.0 Å². The molecule has 1 aliphatic rings. The fraction of sp³-hybridized carbons (Fsp3) is 0.417. The van der Waals surface area contributed by atoms with E-state index in [0.29, 0.717) is 19.6 Å². The number of carbonyl (C=O) groups excluding carboxylic acids is 1. The Balaban J connectivity index is 2.29. The fourth-order valence-electron chi connectivity index (χ4n) is 1.93. The van der Waals surface area contributed by atoms with Crippen molar-refractivity contribution in [2.45, 2.75) is 19.4 Å². The lowest BCUT2D eigenvalue weighted by molar-refractivity contribution is -0.117. The van der Waals surface area contributed by atoms with E-state index in [1.165, 1.54) is 0 Å². The highest BCUT2D eigenvalue weighted by atomic mass is 16.5. The van der Waals surface area contributed by atoms with Crippen LogP contribution in [0.1, 0.15) is 13.3 Å². The van der Waals surface area contributed by atoms with Gasteiger partial charge >= 0.3 is 0 Å². The Bertz CT molecular complexity index is 392. The molecule has 0 radical (unpaired) electrons. The molecule has 2 N–H and O–H groups in total. The van der Waals surface area contributed by atoms with Crippen molar-refractivity contribution >= 4 is 11.6 Å². The first-order chi connectivity index (χ1) is 7.72. The third kappa shape index (κ3) is 2.02. The van der Waals surface area contributed by atoms with Crippen LogP contribution in [0, 0.1) is 0 Å². The lowest BCUT2D eigenvalue weighted by atomic mass is 10.2. The van der Waals surface area contributed by atoms with E-state index >= 15 is 0 Å². The Morgan fingerprint density at radius 1 is 1.50 bits per heavy atom. The minimum absolute atomic E-state index is 0.0674. The van der Waals surface area contributed by atoms with E-state index in [4.69, 9.17) is 10.5 Å². The summed E-state index contributed by atoms with van der Waals surface area (Å²) in [6.45, 7) is 3.09. The average molecular weight is 220 g/mol. The van der Waals surface area contributed by atoms with Crippen molar-refractivity contribution in [2.75, 3.05) is 18.1 Å². The molecule has 0 bridgehead atoms. The number of hydrogen-bond donors (Lipinski definition) is 1. The van der Waals surface area contributed by atoms with Crippen molar-refractivity contribution in [3.63, 3.8) is 0 Å². The Hall–Kier alpha value is -1.55. The molecule has 0 spiro atoms. The number of anilines is 1. The van der Waals surface area contributed by atoms with Gasteiger partial charge in [-0.2, -0.15) is 0 Å². The Morgan fingerprint density at radius 2 is 2.25 bits per heavy atom. The first kappa shape index (κ1) is 11.0. The van der Waals surface area contributed by atoms with E-state index in [2.05, 4.69) is 0 Å². The van der Waals surface area contributed by atoms with Crippen LogP contribution in [0.25, 0.3) is 0 Å². The molecule has 1 amide bonds. The highest BCUT2D eigenvalue weighted by molar-refractivity contribution is 5.97. The standard InChI is InChI=1S/C12H16N2O2/c1-2-16-11-6-4-3-5-10(11)14-8-9(13)7-12(14)15/h3-6,9H,2,7-8,13H2,1H3. The quantitative estimate of drug-likeness (QED) is 0.831. The summed E-state index contributed by atoms with van der Waals surface area (Å²) in [5, 5.41) is 0. The maximum Gasteiger partial charge on any atom is 0.228 e. The van der Waals surface area contributed by atoms with Crippen molar-refractivity contribution < 1.29 is 9.53 Å². The van der Waals surface area contributed by atoms with E-state index in [9.17, 15) is 4.79 Å². The van der Waals surface area contributed by atoms with Gasteiger partial charge in [0.1, 0.15) is 5.75 Å². The number of rotatable bonds is 3. The van der Waals surface area contributed by atoms with Crippen molar-refractivity contribution in [3.05, 3.63) is 24.3 Å². The number of amides is 1. The van der Waals surface area contributed by atoms with Gasteiger partial charge in [-0.05, 0) is 19.1 Å².